The molecule has 7 heteroatoms. The number of rotatable bonds is 6. The van der Waals surface area contributed by atoms with Crippen LogP contribution in [0.4, 0.5) is 5.82 Å². The van der Waals surface area contributed by atoms with Gasteiger partial charge >= 0.3 is 0 Å². The third-order valence-corrected chi connectivity index (χ3v) is 6.49. The van der Waals surface area contributed by atoms with Crippen LogP contribution in [0.25, 0.3) is 33.2 Å². The van der Waals surface area contributed by atoms with E-state index in [9.17, 15) is 0 Å². The lowest BCUT2D eigenvalue weighted by Crippen LogP contribution is -2.30. The molecule has 0 unspecified atom stereocenters. The number of hydrogen-bond acceptors (Lipinski definition) is 6. The molecule has 0 spiro atoms. The minimum absolute atomic E-state index is 0.474. The molecule has 2 aromatic heterocycles. The van der Waals surface area contributed by atoms with Gasteiger partial charge in [0.2, 0.25) is 0 Å². The van der Waals surface area contributed by atoms with Crippen molar-refractivity contribution in [1.29, 1.82) is 0 Å². The van der Waals surface area contributed by atoms with Crippen molar-refractivity contribution in [3.05, 3.63) is 42.6 Å². The summed E-state index contributed by atoms with van der Waals surface area (Å²) in [6.07, 6.45) is 5.40. The molecule has 5 rings (SSSR count). The number of piperidine rings is 1. The number of nitrogens with two attached hydrogens (primary N) is 1. The molecular formula is C25H30N6O. The van der Waals surface area contributed by atoms with Gasteiger partial charge in [0.15, 0.2) is 11.5 Å². The summed E-state index contributed by atoms with van der Waals surface area (Å²) in [6.45, 7) is 5.85. The number of aryl methyl sites for hydroxylation is 1. The Kier molecular flexibility index (Phi) is 5.66. The SMILES string of the molecule is CCOc1ccc2cc(-c3nc(N)c4cnn(CCC5CCN(C)CC5)c4n3)ccc2c1. The van der Waals surface area contributed by atoms with Crippen LogP contribution in [-0.2, 0) is 6.54 Å². The van der Waals surface area contributed by atoms with E-state index in [1.165, 1.54) is 25.9 Å². The van der Waals surface area contributed by atoms with Gasteiger partial charge in [-0.25, -0.2) is 14.6 Å². The van der Waals surface area contributed by atoms with Crippen molar-refractivity contribution in [3.63, 3.8) is 0 Å². The van der Waals surface area contributed by atoms with Crippen LogP contribution in [0.5, 0.6) is 5.75 Å². The summed E-state index contributed by atoms with van der Waals surface area (Å²) in [5.74, 6) is 2.73. The van der Waals surface area contributed by atoms with Gasteiger partial charge in [0.05, 0.1) is 18.2 Å². The highest BCUT2D eigenvalue weighted by Crippen LogP contribution is 2.28. The first kappa shape index (κ1) is 20.7. The van der Waals surface area contributed by atoms with E-state index in [2.05, 4.69) is 46.3 Å². The smallest absolute Gasteiger partial charge is 0.164 e. The van der Waals surface area contributed by atoms with E-state index >= 15 is 0 Å². The second-order valence-electron chi connectivity index (χ2n) is 8.73. The van der Waals surface area contributed by atoms with Crippen LogP contribution in [0.15, 0.2) is 42.6 Å². The maximum absolute atomic E-state index is 6.30. The monoisotopic (exact) mass is 430 g/mol. The van der Waals surface area contributed by atoms with Crippen molar-refractivity contribution in [3.8, 4) is 17.1 Å². The second kappa shape index (κ2) is 8.74. The van der Waals surface area contributed by atoms with E-state index in [1.807, 2.05) is 23.7 Å². The Balaban J connectivity index is 1.43. The number of likely N-dealkylation sites (tertiary alicyclic amines) is 1. The predicted octanol–water partition coefficient (Wildman–Crippen LogP) is 4.36. The molecule has 1 saturated heterocycles. The number of hydrogen-bond donors (Lipinski definition) is 1. The van der Waals surface area contributed by atoms with Crippen LogP contribution in [-0.4, -0.2) is 51.4 Å². The molecule has 1 fully saturated rings. The molecule has 2 aromatic carbocycles. The van der Waals surface area contributed by atoms with E-state index in [0.29, 0.717) is 18.2 Å². The molecule has 0 bridgehead atoms. The average molecular weight is 431 g/mol. The molecular weight excluding hydrogens is 400 g/mol. The van der Waals surface area contributed by atoms with Gasteiger partial charge in [-0.15, -0.1) is 0 Å². The minimum atomic E-state index is 0.474. The third-order valence-electron chi connectivity index (χ3n) is 6.49. The highest BCUT2D eigenvalue weighted by molar-refractivity contribution is 5.90. The van der Waals surface area contributed by atoms with E-state index in [4.69, 9.17) is 15.5 Å². The normalized spacial score (nSPS) is 15.6. The van der Waals surface area contributed by atoms with Crippen molar-refractivity contribution >= 4 is 27.6 Å². The van der Waals surface area contributed by atoms with E-state index in [1.54, 1.807) is 6.20 Å². The van der Waals surface area contributed by atoms with Gasteiger partial charge in [-0.1, -0.05) is 18.2 Å². The lowest BCUT2D eigenvalue weighted by molar-refractivity contribution is 0.207. The van der Waals surface area contributed by atoms with Crippen LogP contribution in [0.3, 0.4) is 0 Å². The third kappa shape index (κ3) is 4.12. The number of nitrogens with zero attached hydrogens (tertiary/aromatic N) is 5. The minimum Gasteiger partial charge on any atom is -0.494 e. The van der Waals surface area contributed by atoms with Gasteiger partial charge in [0.25, 0.3) is 0 Å². The second-order valence-corrected chi connectivity index (χ2v) is 8.73. The molecule has 7 nitrogen and oxygen atoms in total. The Labute approximate surface area is 188 Å². The molecule has 166 valence electrons. The molecule has 3 heterocycles. The van der Waals surface area contributed by atoms with Gasteiger partial charge < -0.3 is 15.4 Å². The highest BCUT2D eigenvalue weighted by Gasteiger charge is 2.18. The summed E-state index contributed by atoms with van der Waals surface area (Å²) < 4.78 is 7.61. The fraction of sp³-hybridized carbons (Fsp3) is 0.400. The molecule has 0 saturated carbocycles. The van der Waals surface area contributed by atoms with Crippen molar-refractivity contribution in [2.45, 2.75) is 32.7 Å². The zero-order chi connectivity index (χ0) is 22.1. The first-order valence-corrected chi connectivity index (χ1v) is 11.5. The number of fused-ring (bicyclic) bond motifs is 2. The van der Waals surface area contributed by atoms with Gasteiger partial charge in [-0.3, -0.25) is 0 Å². The zero-order valence-electron chi connectivity index (χ0n) is 18.8. The molecule has 0 amide bonds. The van der Waals surface area contributed by atoms with Crippen LogP contribution in [0.1, 0.15) is 26.2 Å². The number of ether oxygens (including phenoxy) is 1. The van der Waals surface area contributed by atoms with E-state index in [-0.39, 0.29) is 0 Å². The Bertz CT molecular complexity index is 1240. The van der Waals surface area contributed by atoms with Crippen LogP contribution >= 0.6 is 0 Å². The van der Waals surface area contributed by atoms with Crippen LogP contribution in [0, 0.1) is 5.92 Å². The van der Waals surface area contributed by atoms with Gasteiger partial charge in [-0.2, -0.15) is 5.10 Å². The quantitative estimate of drug-likeness (QED) is 0.489. The van der Waals surface area contributed by atoms with Gasteiger partial charge in [-0.05, 0) is 81.2 Å². The summed E-state index contributed by atoms with van der Waals surface area (Å²) in [6, 6.07) is 12.3. The van der Waals surface area contributed by atoms with Crippen molar-refractivity contribution < 1.29 is 4.74 Å². The standard InChI is InChI=1S/C25H30N6O/c1-3-32-21-7-6-18-14-20(5-4-19(18)15-21)24-28-23(26)22-16-27-31(25(22)29-24)13-10-17-8-11-30(2)12-9-17/h4-7,14-17H,3,8-13H2,1-2H3,(H2,26,28,29). The van der Waals surface area contributed by atoms with Crippen molar-refractivity contribution in [2.75, 3.05) is 32.5 Å². The molecule has 1 aliphatic heterocycles. The summed E-state index contributed by atoms with van der Waals surface area (Å²) >= 11 is 0. The Morgan fingerprint density at radius 2 is 1.84 bits per heavy atom. The van der Waals surface area contributed by atoms with Crippen LogP contribution < -0.4 is 10.5 Å². The van der Waals surface area contributed by atoms with Gasteiger partial charge in [0.1, 0.15) is 11.6 Å². The lowest BCUT2D eigenvalue weighted by atomic mass is 9.94. The van der Waals surface area contributed by atoms with Crippen molar-refractivity contribution in [2.24, 2.45) is 5.92 Å². The molecule has 0 atom stereocenters. The van der Waals surface area contributed by atoms with Crippen molar-refractivity contribution in [1.82, 2.24) is 24.6 Å². The fourth-order valence-electron chi connectivity index (χ4n) is 4.54. The molecule has 0 aliphatic carbocycles. The summed E-state index contributed by atoms with van der Waals surface area (Å²) in [5.41, 5.74) is 8.06. The number of anilines is 1. The van der Waals surface area contributed by atoms with E-state index < -0.39 is 0 Å². The summed E-state index contributed by atoms with van der Waals surface area (Å²) in [5, 5.41) is 7.63. The van der Waals surface area contributed by atoms with E-state index in [0.717, 1.165) is 52.0 Å². The largest absolute Gasteiger partial charge is 0.494 e. The molecule has 32 heavy (non-hydrogen) atoms. The topological polar surface area (TPSA) is 82.1 Å². The Hall–Kier alpha value is -3.19. The van der Waals surface area contributed by atoms with Crippen LogP contribution in [0.2, 0.25) is 0 Å². The number of benzene rings is 2. The average Bonchev–Trinajstić information content (AvgIpc) is 3.22. The predicted molar refractivity (Wildman–Crippen MR) is 129 cm³/mol. The molecule has 0 radical (unpaired) electrons. The lowest BCUT2D eigenvalue weighted by Gasteiger charge is -2.28. The molecule has 1 aliphatic rings. The summed E-state index contributed by atoms with van der Waals surface area (Å²) in [4.78, 5) is 11.9. The maximum Gasteiger partial charge on any atom is 0.164 e. The first-order valence-electron chi connectivity index (χ1n) is 11.5. The molecule has 2 N–H and O–H groups in total. The number of nitrogen functional groups attached to an aromatic ring is 1. The zero-order valence-corrected chi connectivity index (χ0v) is 18.8. The number of aromatic nitrogens is 4. The Morgan fingerprint density at radius 1 is 1.06 bits per heavy atom. The Morgan fingerprint density at radius 3 is 2.66 bits per heavy atom. The maximum atomic E-state index is 6.30. The molecule has 4 aromatic rings. The first-order chi connectivity index (χ1) is 15.6. The summed E-state index contributed by atoms with van der Waals surface area (Å²) in [7, 11) is 2.20. The van der Waals surface area contributed by atoms with Gasteiger partial charge in [0, 0.05) is 12.1 Å². The highest BCUT2D eigenvalue weighted by atomic mass is 16.5. The fourth-order valence-corrected chi connectivity index (χ4v) is 4.54.